The summed E-state index contributed by atoms with van der Waals surface area (Å²) in [7, 11) is 0. The maximum absolute atomic E-state index is 13.3. The third-order valence-corrected chi connectivity index (χ3v) is 6.68. The number of nitrogens with two attached hydrogens (primary N) is 1. The van der Waals surface area contributed by atoms with Crippen molar-refractivity contribution in [3.05, 3.63) is 76.6 Å². The van der Waals surface area contributed by atoms with E-state index in [1.54, 1.807) is 16.7 Å². The highest BCUT2D eigenvalue weighted by molar-refractivity contribution is 6.09. The third-order valence-electron chi connectivity index (χ3n) is 6.68. The fourth-order valence-corrected chi connectivity index (χ4v) is 4.81. The van der Waals surface area contributed by atoms with E-state index in [9.17, 15) is 14.7 Å². The van der Waals surface area contributed by atoms with Crippen LogP contribution in [0.4, 0.5) is 0 Å². The van der Waals surface area contributed by atoms with Gasteiger partial charge in [-0.15, -0.1) is 0 Å². The SMILES string of the molecule is CCc1cc2cc(C(=O)O)ccn2c1C(=O)c1ccc(CCC(N)C2CCCC2)cc1. The Kier molecular flexibility index (Phi) is 6.23. The second-order valence-corrected chi connectivity index (χ2v) is 8.66. The van der Waals surface area contributed by atoms with Crippen LogP contribution < -0.4 is 5.73 Å². The first-order chi connectivity index (χ1) is 15.0. The minimum Gasteiger partial charge on any atom is -0.478 e. The van der Waals surface area contributed by atoms with Crippen LogP contribution in [0, 0.1) is 5.92 Å². The van der Waals surface area contributed by atoms with Crippen LogP contribution in [0.3, 0.4) is 0 Å². The Balaban J connectivity index is 1.52. The first-order valence-electron chi connectivity index (χ1n) is 11.2. The quantitative estimate of drug-likeness (QED) is 0.511. The number of carbonyl (C=O) groups excluding carboxylic acids is 1. The van der Waals surface area contributed by atoms with Gasteiger partial charge in [-0.25, -0.2) is 4.79 Å². The molecule has 3 aromatic rings. The second-order valence-electron chi connectivity index (χ2n) is 8.66. The molecule has 0 aliphatic heterocycles. The first kappa shape index (κ1) is 21.3. The highest BCUT2D eigenvalue weighted by Gasteiger charge is 2.22. The average molecular weight is 419 g/mol. The molecule has 0 amide bonds. The number of hydrogen-bond acceptors (Lipinski definition) is 3. The number of carboxylic acid groups (broad SMARTS) is 1. The number of aryl methyl sites for hydroxylation is 2. The number of ketones is 1. The lowest BCUT2D eigenvalue weighted by Gasteiger charge is -2.18. The largest absolute Gasteiger partial charge is 0.478 e. The summed E-state index contributed by atoms with van der Waals surface area (Å²) in [5.74, 6) is -0.357. The molecule has 1 aliphatic rings. The fraction of sp³-hybridized carbons (Fsp3) is 0.385. The zero-order valence-corrected chi connectivity index (χ0v) is 18.0. The lowest BCUT2D eigenvalue weighted by molar-refractivity contribution is 0.0696. The fourth-order valence-electron chi connectivity index (χ4n) is 4.81. The minimum atomic E-state index is -0.974. The summed E-state index contributed by atoms with van der Waals surface area (Å²) in [6.45, 7) is 2.00. The average Bonchev–Trinajstić information content (AvgIpc) is 3.44. The van der Waals surface area contributed by atoms with Crippen molar-refractivity contribution in [2.24, 2.45) is 11.7 Å². The van der Waals surface area contributed by atoms with Crippen LogP contribution in [-0.2, 0) is 12.8 Å². The minimum absolute atomic E-state index is 0.0471. The van der Waals surface area contributed by atoms with Crippen molar-refractivity contribution in [1.29, 1.82) is 0 Å². The van der Waals surface area contributed by atoms with E-state index in [0.29, 0.717) is 23.6 Å². The molecular formula is C26H30N2O3. The van der Waals surface area contributed by atoms with Gasteiger partial charge in [0.25, 0.3) is 0 Å². The molecule has 1 unspecified atom stereocenters. The van der Waals surface area contributed by atoms with Crippen LogP contribution in [0.2, 0.25) is 0 Å². The third kappa shape index (κ3) is 4.42. The van der Waals surface area contributed by atoms with Crippen LogP contribution in [-0.4, -0.2) is 27.3 Å². The molecular weight excluding hydrogens is 388 g/mol. The molecule has 1 saturated carbocycles. The predicted octanol–water partition coefficient (Wildman–Crippen LogP) is 4.88. The van der Waals surface area contributed by atoms with Crippen LogP contribution in [0.15, 0.2) is 48.7 Å². The van der Waals surface area contributed by atoms with E-state index in [4.69, 9.17) is 5.73 Å². The lowest BCUT2D eigenvalue weighted by atomic mass is 9.93. The highest BCUT2D eigenvalue weighted by Crippen LogP contribution is 2.28. The molecule has 5 nitrogen and oxygen atoms in total. The molecule has 0 spiro atoms. The van der Waals surface area contributed by atoms with E-state index < -0.39 is 5.97 Å². The highest BCUT2D eigenvalue weighted by atomic mass is 16.4. The number of benzene rings is 1. The summed E-state index contributed by atoms with van der Waals surface area (Å²) in [4.78, 5) is 24.6. The summed E-state index contributed by atoms with van der Waals surface area (Å²) in [6, 6.07) is 13.1. The van der Waals surface area contributed by atoms with Crippen molar-refractivity contribution < 1.29 is 14.7 Å². The van der Waals surface area contributed by atoms with Gasteiger partial charge < -0.3 is 15.2 Å². The summed E-state index contributed by atoms with van der Waals surface area (Å²) in [6.07, 6.45) is 9.40. The molecule has 1 aromatic carbocycles. The van der Waals surface area contributed by atoms with E-state index >= 15 is 0 Å². The van der Waals surface area contributed by atoms with Crippen molar-refractivity contribution in [3.8, 4) is 0 Å². The molecule has 31 heavy (non-hydrogen) atoms. The number of carbonyl (C=O) groups is 2. The maximum atomic E-state index is 13.3. The number of carboxylic acids is 1. The molecule has 1 fully saturated rings. The summed E-state index contributed by atoms with van der Waals surface area (Å²) < 4.78 is 1.79. The molecule has 5 heteroatoms. The van der Waals surface area contributed by atoms with Gasteiger partial charge >= 0.3 is 5.97 Å². The molecule has 3 N–H and O–H groups in total. The van der Waals surface area contributed by atoms with E-state index in [2.05, 4.69) is 0 Å². The zero-order valence-electron chi connectivity index (χ0n) is 18.0. The summed E-state index contributed by atoms with van der Waals surface area (Å²) in [5, 5.41) is 9.25. The number of nitrogens with zero attached hydrogens (tertiary/aromatic N) is 1. The zero-order chi connectivity index (χ0) is 22.0. The molecule has 2 heterocycles. The van der Waals surface area contributed by atoms with E-state index in [0.717, 1.165) is 23.9 Å². The summed E-state index contributed by atoms with van der Waals surface area (Å²) in [5.41, 5.74) is 10.7. The molecule has 1 aliphatic carbocycles. The number of aromatic carboxylic acids is 1. The normalized spacial score (nSPS) is 15.4. The Morgan fingerprint density at radius 3 is 2.45 bits per heavy atom. The van der Waals surface area contributed by atoms with Gasteiger partial charge in [0.15, 0.2) is 0 Å². The Morgan fingerprint density at radius 1 is 1.10 bits per heavy atom. The van der Waals surface area contributed by atoms with E-state index in [1.165, 1.54) is 37.3 Å². The molecule has 4 rings (SSSR count). The number of fused-ring (bicyclic) bond motifs is 1. The van der Waals surface area contributed by atoms with Gasteiger partial charge in [-0.05, 0) is 67.3 Å². The van der Waals surface area contributed by atoms with Crippen molar-refractivity contribution in [3.63, 3.8) is 0 Å². The van der Waals surface area contributed by atoms with Crippen molar-refractivity contribution in [2.75, 3.05) is 0 Å². The van der Waals surface area contributed by atoms with Crippen LogP contribution in [0.5, 0.6) is 0 Å². The first-order valence-corrected chi connectivity index (χ1v) is 11.2. The standard InChI is InChI=1S/C26H30N2O3/c1-2-18-15-22-16-21(26(30)31)13-14-28(22)24(18)25(29)20-10-7-17(8-11-20)9-12-23(27)19-5-3-4-6-19/h7-8,10-11,13-16,19,23H,2-6,9,12,27H2,1H3,(H,30,31). The van der Waals surface area contributed by atoms with Crippen LogP contribution in [0.1, 0.15) is 76.6 Å². The predicted molar refractivity (Wildman–Crippen MR) is 122 cm³/mol. The molecule has 0 saturated heterocycles. The van der Waals surface area contributed by atoms with Gasteiger partial charge in [-0.2, -0.15) is 0 Å². The van der Waals surface area contributed by atoms with Gasteiger partial charge in [-0.3, -0.25) is 4.79 Å². The molecule has 0 bridgehead atoms. The summed E-state index contributed by atoms with van der Waals surface area (Å²) >= 11 is 0. The van der Waals surface area contributed by atoms with Gasteiger partial charge in [0.05, 0.1) is 11.3 Å². The Bertz CT molecular complexity index is 1090. The van der Waals surface area contributed by atoms with Crippen LogP contribution in [0.25, 0.3) is 5.52 Å². The van der Waals surface area contributed by atoms with Crippen molar-refractivity contribution in [1.82, 2.24) is 4.40 Å². The number of rotatable bonds is 8. The smallest absolute Gasteiger partial charge is 0.335 e. The van der Waals surface area contributed by atoms with Gasteiger partial charge in [0.1, 0.15) is 0 Å². The van der Waals surface area contributed by atoms with E-state index in [-0.39, 0.29) is 17.4 Å². The Hall–Kier alpha value is -2.92. The number of aromatic nitrogens is 1. The van der Waals surface area contributed by atoms with Crippen molar-refractivity contribution >= 4 is 17.3 Å². The van der Waals surface area contributed by atoms with Crippen LogP contribution >= 0.6 is 0 Å². The second kappa shape index (κ2) is 9.06. The van der Waals surface area contributed by atoms with Crippen molar-refractivity contribution in [2.45, 2.75) is 57.9 Å². The molecule has 1 atom stereocenters. The van der Waals surface area contributed by atoms with Gasteiger partial charge in [0, 0.05) is 23.3 Å². The van der Waals surface area contributed by atoms with E-state index in [1.807, 2.05) is 37.3 Å². The number of pyridine rings is 1. The maximum Gasteiger partial charge on any atom is 0.335 e. The topological polar surface area (TPSA) is 84.8 Å². The molecule has 2 aromatic heterocycles. The number of hydrogen-bond donors (Lipinski definition) is 2. The van der Waals surface area contributed by atoms with Gasteiger partial charge in [-0.1, -0.05) is 44.0 Å². The van der Waals surface area contributed by atoms with Gasteiger partial charge in [0.2, 0.25) is 5.78 Å². The Morgan fingerprint density at radius 2 is 1.81 bits per heavy atom. The Labute approximate surface area is 182 Å². The molecule has 162 valence electrons. The molecule has 0 radical (unpaired) electrons. The lowest BCUT2D eigenvalue weighted by Crippen LogP contribution is -2.28. The monoisotopic (exact) mass is 418 g/mol.